The molecular weight excluding hydrogens is 442 g/mol. The molecular formula is C24H27N3O5S. The molecule has 1 aromatic heterocycles. The molecule has 3 aromatic rings. The van der Waals surface area contributed by atoms with E-state index in [1.54, 1.807) is 24.4 Å². The van der Waals surface area contributed by atoms with Gasteiger partial charge in [-0.25, -0.2) is 18.2 Å². The van der Waals surface area contributed by atoms with Gasteiger partial charge in [-0.15, -0.1) is 0 Å². The van der Waals surface area contributed by atoms with Gasteiger partial charge in [0.2, 0.25) is 5.89 Å². The highest BCUT2D eigenvalue weighted by molar-refractivity contribution is 7.92. The number of hydrogen-bond donors (Lipinski definition) is 1. The van der Waals surface area contributed by atoms with Gasteiger partial charge in [0.05, 0.1) is 35.1 Å². The van der Waals surface area contributed by atoms with Crippen molar-refractivity contribution in [3.8, 4) is 11.5 Å². The standard InChI is InChI=1S/C24H27N3O5S/c1-3-17-7-8-19(24(28)31-2)16-22(17)33(29,30)26-20-15-18(23-25-11-14-32-23)9-10-21(20)27-12-5-4-6-13-27/h7-11,14-16,26H,3-6,12-13H2,1-2H3. The molecule has 0 unspecified atom stereocenters. The average molecular weight is 470 g/mol. The average Bonchev–Trinajstić information content (AvgIpc) is 3.38. The van der Waals surface area contributed by atoms with E-state index < -0.39 is 16.0 Å². The SMILES string of the molecule is CCc1ccc(C(=O)OC)cc1S(=O)(=O)Nc1cc(-c2ncco2)ccc1N1CCCCC1. The molecule has 0 saturated carbocycles. The first-order chi connectivity index (χ1) is 15.9. The Morgan fingerprint density at radius 3 is 2.61 bits per heavy atom. The number of hydrogen-bond acceptors (Lipinski definition) is 7. The number of aromatic nitrogens is 1. The second kappa shape index (κ2) is 9.66. The number of carbonyl (C=O) groups is 1. The largest absolute Gasteiger partial charge is 0.465 e. The number of piperidine rings is 1. The molecule has 4 rings (SSSR count). The number of aryl methyl sites for hydroxylation is 1. The van der Waals surface area contributed by atoms with Gasteiger partial charge in [-0.2, -0.15) is 0 Å². The van der Waals surface area contributed by atoms with E-state index in [0.29, 0.717) is 29.1 Å². The van der Waals surface area contributed by atoms with E-state index in [-0.39, 0.29) is 10.5 Å². The van der Waals surface area contributed by atoms with E-state index in [9.17, 15) is 13.2 Å². The lowest BCUT2D eigenvalue weighted by molar-refractivity contribution is 0.0600. The molecule has 0 aliphatic carbocycles. The van der Waals surface area contributed by atoms with Crippen LogP contribution in [0.1, 0.15) is 42.1 Å². The van der Waals surface area contributed by atoms with Gasteiger partial charge in [0.25, 0.3) is 10.0 Å². The van der Waals surface area contributed by atoms with E-state index >= 15 is 0 Å². The highest BCUT2D eigenvalue weighted by Gasteiger charge is 2.24. The fourth-order valence-corrected chi connectivity index (χ4v) is 5.47. The molecule has 2 heterocycles. The molecule has 0 bridgehead atoms. The Kier molecular flexibility index (Phi) is 6.69. The number of benzene rings is 2. The van der Waals surface area contributed by atoms with Crippen molar-refractivity contribution in [2.75, 3.05) is 29.8 Å². The minimum atomic E-state index is -4.00. The fourth-order valence-electron chi connectivity index (χ4n) is 4.07. The molecule has 0 atom stereocenters. The van der Waals surface area contributed by atoms with Gasteiger partial charge in [0.15, 0.2) is 0 Å². The molecule has 1 aliphatic heterocycles. The Morgan fingerprint density at radius 2 is 1.94 bits per heavy atom. The van der Waals surface area contributed by atoms with Crippen LogP contribution in [0, 0.1) is 0 Å². The smallest absolute Gasteiger partial charge is 0.337 e. The third-order valence-electron chi connectivity index (χ3n) is 5.78. The molecule has 1 saturated heterocycles. The minimum absolute atomic E-state index is 0.0546. The minimum Gasteiger partial charge on any atom is -0.465 e. The maximum absolute atomic E-state index is 13.6. The Hall–Kier alpha value is -3.33. The van der Waals surface area contributed by atoms with Crippen LogP contribution in [0.15, 0.2) is 58.2 Å². The number of rotatable bonds is 7. The van der Waals surface area contributed by atoms with Crippen LogP contribution >= 0.6 is 0 Å². The Balaban J connectivity index is 1.78. The van der Waals surface area contributed by atoms with Gasteiger partial charge >= 0.3 is 5.97 Å². The first kappa shape index (κ1) is 22.8. The zero-order valence-corrected chi connectivity index (χ0v) is 19.5. The number of nitrogens with zero attached hydrogens (tertiary/aromatic N) is 2. The van der Waals surface area contributed by atoms with Crippen molar-refractivity contribution in [2.45, 2.75) is 37.5 Å². The van der Waals surface area contributed by atoms with Gasteiger partial charge in [0.1, 0.15) is 6.26 Å². The summed E-state index contributed by atoms with van der Waals surface area (Å²) < 4.78 is 40.1. The van der Waals surface area contributed by atoms with Crippen molar-refractivity contribution >= 4 is 27.4 Å². The first-order valence-electron chi connectivity index (χ1n) is 11.0. The molecule has 1 aliphatic rings. The maximum Gasteiger partial charge on any atom is 0.337 e. The lowest BCUT2D eigenvalue weighted by Crippen LogP contribution is -2.30. The van der Waals surface area contributed by atoms with Crippen molar-refractivity contribution in [3.05, 3.63) is 60.0 Å². The summed E-state index contributed by atoms with van der Waals surface area (Å²) in [6.45, 7) is 3.57. The Labute approximate surface area is 193 Å². The summed E-state index contributed by atoms with van der Waals surface area (Å²) in [5.74, 6) is -0.184. The maximum atomic E-state index is 13.6. The molecule has 0 radical (unpaired) electrons. The fraction of sp³-hybridized carbons (Fsp3) is 0.333. The normalized spacial score (nSPS) is 14.2. The van der Waals surface area contributed by atoms with Crippen molar-refractivity contribution in [1.29, 1.82) is 0 Å². The van der Waals surface area contributed by atoms with Gasteiger partial charge in [-0.3, -0.25) is 4.72 Å². The van der Waals surface area contributed by atoms with Crippen LogP contribution < -0.4 is 9.62 Å². The van der Waals surface area contributed by atoms with Gasteiger partial charge < -0.3 is 14.1 Å². The predicted molar refractivity (Wildman–Crippen MR) is 126 cm³/mol. The van der Waals surface area contributed by atoms with E-state index in [1.165, 1.54) is 19.4 Å². The first-order valence-corrected chi connectivity index (χ1v) is 12.4. The number of anilines is 2. The van der Waals surface area contributed by atoms with Crippen LogP contribution in [0.2, 0.25) is 0 Å². The monoisotopic (exact) mass is 469 g/mol. The Morgan fingerprint density at radius 1 is 1.15 bits per heavy atom. The number of oxazole rings is 1. The van der Waals surface area contributed by atoms with Crippen LogP contribution in [-0.4, -0.2) is 39.6 Å². The van der Waals surface area contributed by atoms with Crippen molar-refractivity contribution < 1.29 is 22.4 Å². The van der Waals surface area contributed by atoms with E-state index in [1.807, 2.05) is 19.1 Å². The van der Waals surface area contributed by atoms with Crippen LogP contribution in [0.25, 0.3) is 11.5 Å². The zero-order valence-electron chi connectivity index (χ0n) is 18.7. The molecule has 2 aromatic carbocycles. The zero-order chi connectivity index (χ0) is 23.4. The van der Waals surface area contributed by atoms with E-state index in [4.69, 9.17) is 9.15 Å². The summed E-state index contributed by atoms with van der Waals surface area (Å²) in [4.78, 5) is 18.5. The number of esters is 1. The highest BCUT2D eigenvalue weighted by Crippen LogP contribution is 2.34. The highest BCUT2D eigenvalue weighted by atomic mass is 32.2. The number of sulfonamides is 1. The van der Waals surface area contributed by atoms with E-state index in [2.05, 4.69) is 14.6 Å². The van der Waals surface area contributed by atoms with Crippen LogP contribution in [-0.2, 0) is 21.2 Å². The van der Waals surface area contributed by atoms with Crippen molar-refractivity contribution in [1.82, 2.24) is 4.98 Å². The van der Waals surface area contributed by atoms with Crippen LogP contribution in [0.5, 0.6) is 0 Å². The molecule has 33 heavy (non-hydrogen) atoms. The quantitative estimate of drug-likeness (QED) is 0.509. The molecule has 174 valence electrons. The number of carbonyl (C=O) groups excluding carboxylic acids is 1. The number of methoxy groups -OCH3 is 1. The van der Waals surface area contributed by atoms with Gasteiger partial charge in [-0.1, -0.05) is 13.0 Å². The molecule has 1 N–H and O–H groups in total. The van der Waals surface area contributed by atoms with Crippen LogP contribution in [0.4, 0.5) is 11.4 Å². The van der Waals surface area contributed by atoms with Gasteiger partial charge in [-0.05, 0) is 61.6 Å². The topological polar surface area (TPSA) is 102 Å². The summed E-state index contributed by atoms with van der Waals surface area (Å²) in [6, 6.07) is 10.1. The number of ether oxygens (including phenoxy) is 1. The molecule has 0 spiro atoms. The lowest BCUT2D eigenvalue weighted by atomic mass is 10.1. The summed E-state index contributed by atoms with van der Waals surface area (Å²) in [5, 5.41) is 0. The van der Waals surface area contributed by atoms with Crippen molar-refractivity contribution in [2.24, 2.45) is 0 Å². The van der Waals surface area contributed by atoms with E-state index in [0.717, 1.165) is 38.0 Å². The summed E-state index contributed by atoms with van der Waals surface area (Å²) >= 11 is 0. The second-order valence-corrected chi connectivity index (χ2v) is 9.54. The predicted octanol–water partition coefficient (Wildman–Crippen LogP) is 4.48. The summed E-state index contributed by atoms with van der Waals surface area (Å²) in [5.41, 5.74) is 2.70. The van der Waals surface area contributed by atoms with Crippen molar-refractivity contribution in [3.63, 3.8) is 0 Å². The number of nitrogens with one attached hydrogen (secondary N) is 1. The molecule has 9 heteroatoms. The third-order valence-corrected chi connectivity index (χ3v) is 7.22. The molecule has 1 fully saturated rings. The molecule has 8 nitrogen and oxygen atoms in total. The molecule has 0 amide bonds. The third kappa shape index (κ3) is 4.88. The lowest BCUT2D eigenvalue weighted by Gasteiger charge is -2.31. The van der Waals surface area contributed by atoms with Crippen LogP contribution in [0.3, 0.4) is 0 Å². The summed E-state index contributed by atoms with van der Waals surface area (Å²) in [7, 11) is -2.74. The second-order valence-electron chi connectivity index (χ2n) is 7.89. The Bertz CT molecular complexity index is 1230. The summed E-state index contributed by atoms with van der Waals surface area (Å²) in [6.07, 6.45) is 6.77. The van der Waals surface area contributed by atoms with Gasteiger partial charge in [0, 0.05) is 18.7 Å².